The fourth-order valence-electron chi connectivity index (χ4n) is 9.51. The zero-order valence-electron chi connectivity index (χ0n) is 45.9. The van der Waals surface area contributed by atoms with Crippen LogP contribution in [0.4, 0.5) is 0 Å². The first kappa shape index (κ1) is 66.3. The van der Waals surface area contributed by atoms with Crippen molar-refractivity contribution in [3.63, 3.8) is 0 Å². The Morgan fingerprint density at radius 1 is 0.397 bits per heavy atom. The molecule has 1 amide bonds. The van der Waals surface area contributed by atoms with Gasteiger partial charge in [-0.1, -0.05) is 289 Å². The topological polar surface area (TPSA) is 95.9 Å². The first-order chi connectivity index (χ1) is 33.5. The van der Waals surface area contributed by atoms with Crippen LogP contribution < -0.4 is 5.32 Å². The van der Waals surface area contributed by atoms with Gasteiger partial charge < -0.3 is 20.3 Å². The molecule has 0 aromatic rings. The molecule has 2 atom stereocenters. The van der Waals surface area contributed by atoms with Crippen molar-refractivity contribution in [2.45, 2.75) is 347 Å². The molecule has 6 nitrogen and oxygen atoms in total. The molecule has 68 heavy (non-hydrogen) atoms. The van der Waals surface area contributed by atoms with Crippen molar-refractivity contribution in [2.75, 3.05) is 13.2 Å². The zero-order chi connectivity index (χ0) is 49.3. The number of ether oxygens (including phenoxy) is 1. The molecule has 0 rings (SSSR count). The highest BCUT2D eigenvalue weighted by atomic mass is 16.5. The quantitative estimate of drug-likeness (QED) is 0.0321. The Hall–Kier alpha value is -1.66. The molecular weight excluding hydrogens is 839 g/mol. The molecule has 0 bridgehead atoms. The second kappa shape index (κ2) is 57.9. The van der Waals surface area contributed by atoms with Crippen LogP contribution in [0.1, 0.15) is 335 Å². The van der Waals surface area contributed by atoms with Crippen LogP contribution >= 0.6 is 0 Å². The molecule has 402 valence electrons. The Morgan fingerprint density at radius 3 is 1.04 bits per heavy atom. The lowest BCUT2D eigenvalue weighted by Gasteiger charge is -2.20. The maximum Gasteiger partial charge on any atom is 0.305 e. The number of aliphatic hydroxyl groups excluding tert-OH is 2. The van der Waals surface area contributed by atoms with Crippen molar-refractivity contribution in [1.29, 1.82) is 0 Å². The van der Waals surface area contributed by atoms with Crippen LogP contribution in [0.5, 0.6) is 0 Å². The standard InChI is InChI=1S/C62H119NO5/c1-3-5-7-9-11-13-15-17-19-20-24-27-30-34-38-42-46-50-54-60(65)59(58-64)63-61(66)55-51-47-43-39-35-31-28-25-22-21-23-26-29-33-37-41-45-49-53-57-68-62(67)56-52-48-44-40-36-32-18-16-14-12-10-8-6-4-2/h16,18,50,54,59-60,64-65H,3-15,17,19-49,51-53,55-58H2,1-2H3,(H,63,66)/b18-16-,54-50+. The molecule has 0 radical (unpaired) electrons. The summed E-state index contributed by atoms with van der Waals surface area (Å²) in [5.41, 5.74) is 0. The molecule has 0 aliphatic rings. The summed E-state index contributed by atoms with van der Waals surface area (Å²) in [5.74, 6) is -0.0684. The first-order valence-electron chi connectivity index (χ1n) is 30.6. The minimum absolute atomic E-state index is 0.000147. The second-order valence-corrected chi connectivity index (χ2v) is 21.0. The molecule has 0 fully saturated rings. The summed E-state index contributed by atoms with van der Waals surface area (Å²) >= 11 is 0. The van der Waals surface area contributed by atoms with Gasteiger partial charge in [0.05, 0.1) is 25.4 Å². The van der Waals surface area contributed by atoms with Crippen LogP contribution in [0.2, 0.25) is 0 Å². The van der Waals surface area contributed by atoms with Crippen molar-refractivity contribution in [1.82, 2.24) is 5.32 Å². The lowest BCUT2D eigenvalue weighted by atomic mass is 10.0. The minimum atomic E-state index is -0.847. The SMILES string of the molecule is CCCCCCC/C=C\CCCCCCCC(=O)OCCCCCCCCCCCCCCCCCCCCCC(=O)NC(CO)C(O)/C=C/CCCCCCCCCCCCCCCCCC. The van der Waals surface area contributed by atoms with E-state index in [1.807, 2.05) is 6.08 Å². The van der Waals surface area contributed by atoms with Crippen LogP contribution in [0.25, 0.3) is 0 Å². The van der Waals surface area contributed by atoms with Gasteiger partial charge in [0.2, 0.25) is 5.91 Å². The van der Waals surface area contributed by atoms with Crippen molar-refractivity contribution in [3.05, 3.63) is 24.3 Å². The summed E-state index contributed by atoms with van der Waals surface area (Å²) in [4.78, 5) is 24.5. The number of amides is 1. The van der Waals surface area contributed by atoms with E-state index in [9.17, 15) is 19.8 Å². The average molecular weight is 959 g/mol. The number of allylic oxidation sites excluding steroid dienone is 3. The van der Waals surface area contributed by atoms with Gasteiger partial charge in [0, 0.05) is 12.8 Å². The maximum atomic E-state index is 12.5. The van der Waals surface area contributed by atoms with Crippen LogP contribution in [-0.2, 0) is 14.3 Å². The van der Waals surface area contributed by atoms with E-state index < -0.39 is 12.1 Å². The number of nitrogens with one attached hydrogen (secondary N) is 1. The maximum absolute atomic E-state index is 12.5. The number of aliphatic hydroxyl groups is 2. The van der Waals surface area contributed by atoms with Crippen LogP contribution in [-0.4, -0.2) is 47.4 Å². The van der Waals surface area contributed by atoms with Crippen molar-refractivity contribution in [2.24, 2.45) is 0 Å². The molecule has 0 spiro atoms. The normalized spacial score (nSPS) is 12.7. The lowest BCUT2D eigenvalue weighted by Crippen LogP contribution is -2.45. The Bertz CT molecular complexity index is 1060. The van der Waals surface area contributed by atoms with E-state index in [1.54, 1.807) is 6.08 Å². The smallest absolute Gasteiger partial charge is 0.305 e. The summed E-state index contributed by atoms with van der Waals surface area (Å²) in [6.07, 6.45) is 70.6. The molecule has 0 aliphatic heterocycles. The number of carbonyl (C=O) groups excluding carboxylic acids is 2. The van der Waals surface area contributed by atoms with Gasteiger partial charge in [-0.05, 0) is 57.8 Å². The van der Waals surface area contributed by atoms with E-state index in [-0.39, 0.29) is 18.5 Å². The lowest BCUT2D eigenvalue weighted by molar-refractivity contribution is -0.143. The van der Waals surface area contributed by atoms with E-state index in [4.69, 9.17) is 4.74 Å². The summed E-state index contributed by atoms with van der Waals surface area (Å²) in [7, 11) is 0. The molecule has 0 saturated carbocycles. The summed E-state index contributed by atoms with van der Waals surface area (Å²) < 4.78 is 5.47. The van der Waals surface area contributed by atoms with Gasteiger partial charge in [0.1, 0.15) is 0 Å². The number of unbranched alkanes of at least 4 members (excludes halogenated alkanes) is 44. The van der Waals surface area contributed by atoms with E-state index >= 15 is 0 Å². The Balaban J connectivity index is 3.43. The molecular formula is C62H119NO5. The van der Waals surface area contributed by atoms with Crippen LogP contribution in [0.3, 0.4) is 0 Å². The monoisotopic (exact) mass is 958 g/mol. The largest absolute Gasteiger partial charge is 0.466 e. The number of hydrogen-bond acceptors (Lipinski definition) is 5. The van der Waals surface area contributed by atoms with Gasteiger partial charge in [-0.2, -0.15) is 0 Å². The Kier molecular flexibility index (Phi) is 56.5. The number of hydrogen-bond donors (Lipinski definition) is 3. The molecule has 0 aromatic carbocycles. The second-order valence-electron chi connectivity index (χ2n) is 21.0. The van der Waals surface area contributed by atoms with Crippen LogP contribution in [0.15, 0.2) is 24.3 Å². The van der Waals surface area contributed by atoms with E-state index in [0.717, 1.165) is 44.9 Å². The minimum Gasteiger partial charge on any atom is -0.466 e. The fraction of sp³-hybridized carbons (Fsp3) is 0.903. The van der Waals surface area contributed by atoms with Gasteiger partial charge in [0.25, 0.3) is 0 Å². The third-order valence-corrected chi connectivity index (χ3v) is 14.2. The molecule has 0 saturated heterocycles. The summed E-state index contributed by atoms with van der Waals surface area (Å²) in [6.45, 7) is 4.91. The van der Waals surface area contributed by atoms with Crippen molar-refractivity contribution in [3.8, 4) is 0 Å². The summed E-state index contributed by atoms with van der Waals surface area (Å²) in [6, 6.07) is -0.630. The third kappa shape index (κ3) is 53.7. The van der Waals surface area contributed by atoms with Gasteiger partial charge in [-0.15, -0.1) is 0 Å². The summed E-state index contributed by atoms with van der Waals surface area (Å²) in [5, 5.41) is 23.2. The molecule has 3 N–H and O–H groups in total. The van der Waals surface area contributed by atoms with E-state index in [0.29, 0.717) is 19.4 Å². The van der Waals surface area contributed by atoms with Crippen molar-refractivity contribution >= 4 is 11.9 Å². The molecule has 0 aromatic heterocycles. The number of esters is 1. The van der Waals surface area contributed by atoms with Gasteiger partial charge in [0.15, 0.2) is 0 Å². The first-order valence-corrected chi connectivity index (χ1v) is 30.6. The van der Waals surface area contributed by atoms with Crippen molar-refractivity contribution < 1.29 is 24.5 Å². The van der Waals surface area contributed by atoms with E-state index in [2.05, 4.69) is 31.3 Å². The third-order valence-electron chi connectivity index (χ3n) is 14.2. The highest BCUT2D eigenvalue weighted by Gasteiger charge is 2.18. The molecule has 0 heterocycles. The Labute approximate surface area is 424 Å². The average Bonchev–Trinajstić information content (AvgIpc) is 3.34. The predicted molar refractivity (Wildman–Crippen MR) is 296 cm³/mol. The zero-order valence-corrected chi connectivity index (χ0v) is 45.9. The van der Waals surface area contributed by atoms with Crippen LogP contribution in [0, 0.1) is 0 Å². The highest BCUT2D eigenvalue weighted by molar-refractivity contribution is 5.76. The van der Waals surface area contributed by atoms with Gasteiger partial charge in [-0.25, -0.2) is 0 Å². The molecule has 6 heteroatoms. The molecule has 0 aliphatic carbocycles. The van der Waals surface area contributed by atoms with E-state index in [1.165, 1.54) is 263 Å². The molecule has 2 unspecified atom stereocenters. The van der Waals surface area contributed by atoms with Gasteiger partial charge in [-0.3, -0.25) is 9.59 Å². The fourth-order valence-corrected chi connectivity index (χ4v) is 9.51. The number of rotatable bonds is 57. The number of carbonyl (C=O) groups is 2. The predicted octanol–water partition coefficient (Wildman–Crippen LogP) is 19.0. The Morgan fingerprint density at radius 2 is 0.691 bits per heavy atom. The highest BCUT2D eigenvalue weighted by Crippen LogP contribution is 2.17. The van der Waals surface area contributed by atoms with Gasteiger partial charge >= 0.3 is 5.97 Å².